The molecule has 2 rings (SSSR count). The minimum absolute atomic E-state index is 0.0655. The van der Waals surface area contributed by atoms with Gasteiger partial charge in [-0.2, -0.15) is 5.10 Å². The van der Waals surface area contributed by atoms with Gasteiger partial charge in [0.2, 0.25) is 0 Å². The van der Waals surface area contributed by atoms with Gasteiger partial charge in [0.1, 0.15) is 0 Å². The number of benzene rings is 2. The molecule has 0 atom stereocenters. The predicted molar refractivity (Wildman–Crippen MR) is 107 cm³/mol. The summed E-state index contributed by atoms with van der Waals surface area (Å²) in [4.78, 5) is 12.2. The van der Waals surface area contributed by atoms with Crippen LogP contribution in [0.25, 0.3) is 0 Å². The van der Waals surface area contributed by atoms with E-state index in [4.69, 9.17) is 14.2 Å². The van der Waals surface area contributed by atoms with Crippen molar-refractivity contribution >= 4 is 34.7 Å². The molecule has 0 aliphatic rings. The van der Waals surface area contributed by atoms with Crippen LogP contribution in [0.15, 0.2) is 35.4 Å². The van der Waals surface area contributed by atoms with Gasteiger partial charge in [0.05, 0.1) is 30.6 Å². The highest BCUT2D eigenvalue weighted by Crippen LogP contribution is 2.32. The van der Waals surface area contributed by atoms with Crippen LogP contribution in [0.1, 0.15) is 22.8 Å². The number of phenols is 1. The number of nitrogens with zero attached hydrogens (tertiary/aromatic N) is 1. The number of carbonyl (C=O) groups is 1. The number of rotatable bonds is 7. The Morgan fingerprint density at radius 1 is 1.19 bits per heavy atom. The second-order valence-electron chi connectivity index (χ2n) is 5.05. The number of hydrogen-bond acceptors (Lipinski definition) is 6. The van der Waals surface area contributed by atoms with E-state index in [9.17, 15) is 9.90 Å². The zero-order valence-electron chi connectivity index (χ0n) is 14.6. The normalized spacial score (nSPS) is 10.6. The summed E-state index contributed by atoms with van der Waals surface area (Å²) in [6.07, 6.45) is 1.47. The fraction of sp³-hybridized carbons (Fsp3) is 0.222. The van der Waals surface area contributed by atoms with Crippen LogP contribution in [0.5, 0.6) is 23.0 Å². The van der Waals surface area contributed by atoms with Gasteiger partial charge in [-0.15, -0.1) is 0 Å². The molecule has 0 bridgehead atoms. The molecule has 0 spiro atoms. The molecule has 0 fully saturated rings. The van der Waals surface area contributed by atoms with Crippen LogP contribution in [0, 0.1) is 3.57 Å². The number of halogens is 1. The Hall–Kier alpha value is -2.49. The average Bonchev–Trinajstić information content (AvgIpc) is 2.64. The molecule has 0 heterocycles. The van der Waals surface area contributed by atoms with E-state index in [1.807, 2.05) is 29.5 Å². The molecule has 2 aromatic rings. The lowest BCUT2D eigenvalue weighted by molar-refractivity contribution is 0.0954. The topological polar surface area (TPSA) is 89.4 Å². The van der Waals surface area contributed by atoms with Gasteiger partial charge >= 0.3 is 0 Å². The molecule has 0 aliphatic carbocycles. The second kappa shape index (κ2) is 9.27. The third kappa shape index (κ3) is 4.78. The van der Waals surface area contributed by atoms with Crippen LogP contribution < -0.4 is 19.6 Å². The van der Waals surface area contributed by atoms with Gasteiger partial charge in [-0.05, 0) is 65.4 Å². The molecule has 0 saturated carbocycles. The van der Waals surface area contributed by atoms with Gasteiger partial charge in [-0.3, -0.25) is 4.79 Å². The number of hydrogen-bond donors (Lipinski definition) is 2. The number of amides is 1. The first kappa shape index (κ1) is 19.8. The Labute approximate surface area is 165 Å². The summed E-state index contributed by atoms with van der Waals surface area (Å²) in [5.74, 6) is 1.06. The Bertz CT molecular complexity index is 823. The lowest BCUT2D eigenvalue weighted by Crippen LogP contribution is -2.17. The quantitative estimate of drug-likeness (QED) is 0.369. The molecular formula is C18H19IN2O5. The van der Waals surface area contributed by atoms with Gasteiger partial charge in [-0.1, -0.05) is 0 Å². The molecule has 26 heavy (non-hydrogen) atoms. The van der Waals surface area contributed by atoms with E-state index in [0.29, 0.717) is 38.6 Å². The molecule has 8 heteroatoms. The van der Waals surface area contributed by atoms with Crippen molar-refractivity contribution in [1.29, 1.82) is 0 Å². The van der Waals surface area contributed by atoms with Crippen molar-refractivity contribution in [3.8, 4) is 23.0 Å². The molecule has 138 valence electrons. The van der Waals surface area contributed by atoms with Crippen LogP contribution >= 0.6 is 22.6 Å². The van der Waals surface area contributed by atoms with E-state index in [1.54, 1.807) is 30.3 Å². The second-order valence-corrected chi connectivity index (χ2v) is 6.21. The first-order valence-corrected chi connectivity index (χ1v) is 8.78. The fourth-order valence-electron chi connectivity index (χ4n) is 2.14. The van der Waals surface area contributed by atoms with Gasteiger partial charge in [0, 0.05) is 5.56 Å². The van der Waals surface area contributed by atoms with Crippen molar-refractivity contribution in [2.24, 2.45) is 5.10 Å². The molecule has 1 amide bonds. The molecule has 7 nitrogen and oxygen atoms in total. The van der Waals surface area contributed by atoms with E-state index >= 15 is 0 Å². The zero-order valence-corrected chi connectivity index (χ0v) is 16.7. The van der Waals surface area contributed by atoms with Crippen LogP contribution in [0.2, 0.25) is 0 Å². The minimum atomic E-state index is -0.386. The molecule has 0 saturated heterocycles. The molecule has 0 aromatic heterocycles. The summed E-state index contributed by atoms with van der Waals surface area (Å²) in [5, 5.41) is 13.8. The van der Waals surface area contributed by atoms with Crippen molar-refractivity contribution < 1.29 is 24.1 Å². The maximum Gasteiger partial charge on any atom is 0.271 e. The molecule has 2 aromatic carbocycles. The highest BCUT2D eigenvalue weighted by molar-refractivity contribution is 14.1. The van der Waals surface area contributed by atoms with E-state index < -0.39 is 0 Å². The molecule has 2 N–H and O–H groups in total. The van der Waals surface area contributed by atoms with Crippen LogP contribution in [-0.2, 0) is 0 Å². The zero-order chi connectivity index (χ0) is 19.1. The van der Waals surface area contributed by atoms with Crippen molar-refractivity contribution in [3.63, 3.8) is 0 Å². The number of phenolic OH excluding ortho intramolecular Hbond substituents is 1. The first-order valence-electron chi connectivity index (χ1n) is 7.70. The largest absolute Gasteiger partial charge is 0.504 e. The molecule has 0 radical (unpaired) electrons. The SMILES string of the molecule is CCOc1ccc(C(=O)N/N=C/c2cc(I)c(O)c(OC)c2)cc1OC. The Morgan fingerprint density at radius 3 is 2.58 bits per heavy atom. The summed E-state index contributed by atoms with van der Waals surface area (Å²) in [6.45, 7) is 2.37. The molecular weight excluding hydrogens is 451 g/mol. The maximum absolute atomic E-state index is 12.2. The van der Waals surface area contributed by atoms with Crippen LogP contribution in [-0.4, -0.2) is 38.1 Å². The van der Waals surface area contributed by atoms with E-state index in [-0.39, 0.29) is 11.7 Å². The third-order valence-corrected chi connectivity index (χ3v) is 4.20. The Morgan fingerprint density at radius 2 is 1.92 bits per heavy atom. The third-order valence-electron chi connectivity index (χ3n) is 3.38. The standard InChI is InChI=1S/C18H19IN2O5/c1-4-26-14-6-5-12(9-15(14)24-2)18(23)21-20-10-11-7-13(19)17(22)16(8-11)25-3/h5-10,22H,4H2,1-3H3,(H,21,23)/b20-10+. The van der Waals surface area contributed by atoms with Crippen molar-refractivity contribution in [2.45, 2.75) is 6.92 Å². The number of nitrogens with one attached hydrogen (secondary N) is 1. The molecule has 0 unspecified atom stereocenters. The number of aromatic hydroxyl groups is 1. The van der Waals surface area contributed by atoms with Gasteiger partial charge in [0.25, 0.3) is 5.91 Å². The summed E-state index contributed by atoms with van der Waals surface area (Å²) in [5.41, 5.74) is 3.51. The summed E-state index contributed by atoms with van der Waals surface area (Å²) in [7, 11) is 2.98. The summed E-state index contributed by atoms with van der Waals surface area (Å²) >= 11 is 1.99. The number of carbonyl (C=O) groups excluding carboxylic acids is 1. The highest BCUT2D eigenvalue weighted by atomic mass is 127. The van der Waals surface area contributed by atoms with Crippen molar-refractivity contribution in [1.82, 2.24) is 5.43 Å². The Kier molecular flexibility index (Phi) is 7.07. The van der Waals surface area contributed by atoms with E-state index in [2.05, 4.69) is 10.5 Å². The summed E-state index contributed by atoms with van der Waals surface area (Å²) < 4.78 is 16.4. The summed E-state index contributed by atoms with van der Waals surface area (Å²) in [6, 6.07) is 8.22. The number of methoxy groups -OCH3 is 2. The highest BCUT2D eigenvalue weighted by Gasteiger charge is 2.11. The van der Waals surface area contributed by atoms with E-state index in [0.717, 1.165) is 0 Å². The maximum atomic E-state index is 12.2. The van der Waals surface area contributed by atoms with Crippen LogP contribution in [0.3, 0.4) is 0 Å². The number of hydrazone groups is 1. The number of ether oxygens (including phenoxy) is 3. The predicted octanol–water partition coefficient (Wildman–Crippen LogP) is 3.18. The van der Waals surface area contributed by atoms with Crippen molar-refractivity contribution in [2.75, 3.05) is 20.8 Å². The van der Waals surface area contributed by atoms with Crippen molar-refractivity contribution in [3.05, 3.63) is 45.0 Å². The van der Waals surface area contributed by atoms with Crippen LogP contribution in [0.4, 0.5) is 0 Å². The average molecular weight is 470 g/mol. The lowest BCUT2D eigenvalue weighted by Gasteiger charge is -2.10. The lowest BCUT2D eigenvalue weighted by atomic mass is 10.2. The Balaban J connectivity index is 2.11. The molecule has 0 aliphatic heterocycles. The first-order chi connectivity index (χ1) is 12.5. The van der Waals surface area contributed by atoms with Gasteiger partial charge in [-0.25, -0.2) is 5.43 Å². The minimum Gasteiger partial charge on any atom is -0.504 e. The van der Waals surface area contributed by atoms with E-state index in [1.165, 1.54) is 20.4 Å². The van der Waals surface area contributed by atoms with Gasteiger partial charge in [0.15, 0.2) is 23.0 Å². The smallest absolute Gasteiger partial charge is 0.271 e. The fourth-order valence-corrected chi connectivity index (χ4v) is 2.76. The monoisotopic (exact) mass is 470 g/mol. The van der Waals surface area contributed by atoms with Gasteiger partial charge < -0.3 is 19.3 Å².